The van der Waals surface area contributed by atoms with Gasteiger partial charge in [-0.1, -0.05) is 25.4 Å². The molecule has 1 heterocycles. The van der Waals surface area contributed by atoms with Gasteiger partial charge in [0, 0.05) is 37.8 Å². The number of rotatable bonds is 4. The number of carbonyl (C=O) groups excluding carboxylic acids is 2. The first-order valence-electron chi connectivity index (χ1n) is 7.99. The summed E-state index contributed by atoms with van der Waals surface area (Å²) in [5.74, 6) is 0.130. The monoisotopic (exact) mass is 337 g/mol. The van der Waals surface area contributed by atoms with Crippen LogP contribution < -0.4 is 10.6 Å². The van der Waals surface area contributed by atoms with Crippen molar-refractivity contribution in [3.05, 3.63) is 28.8 Å². The molecule has 0 bridgehead atoms. The molecule has 6 heteroatoms. The molecule has 0 saturated carbocycles. The fraction of sp³-hybridized carbons (Fsp3) is 0.529. The predicted molar refractivity (Wildman–Crippen MR) is 92.9 cm³/mol. The minimum atomic E-state index is -0.0936. The van der Waals surface area contributed by atoms with Crippen molar-refractivity contribution in [2.75, 3.05) is 25.0 Å². The summed E-state index contributed by atoms with van der Waals surface area (Å²) in [7, 11) is 0. The molecule has 126 valence electrons. The molecule has 0 unspecified atom stereocenters. The van der Waals surface area contributed by atoms with Gasteiger partial charge in [0.2, 0.25) is 5.91 Å². The van der Waals surface area contributed by atoms with E-state index >= 15 is 0 Å². The largest absolute Gasteiger partial charge is 0.333 e. The summed E-state index contributed by atoms with van der Waals surface area (Å²) in [5, 5.41) is 6.49. The van der Waals surface area contributed by atoms with Gasteiger partial charge in [0.15, 0.2) is 0 Å². The molecule has 2 N–H and O–H groups in total. The third-order valence-corrected chi connectivity index (χ3v) is 4.17. The summed E-state index contributed by atoms with van der Waals surface area (Å²) in [4.78, 5) is 26.5. The zero-order valence-electron chi connectivity index (χ0n) is 13.9. The normalized spacial score (nSPS) is 18.1. The fourth-order valence-electron chi connectivity index (χ4n) is 2.65. The topological polar surface area (TPSA) is 61.4 Å². The highest BCUT2D eigenvalue weighted by Crippen LogP contribution is 2.23. The molecule has 1 saturated heterocycles. The van der Waals surface area contributed by atoms with E-state index in [2.05, 4.69) is 10.6 Å². The molecular formula is C17H24ClN3O2. The molecule has 1 fully saturated rings. The van der Waals surface area contributed by atoms with Crippen LogP contribution in [-0.2, 0) is 4.79 Å². The number of halogens is 1. The van der Waals surface area contributed by atoms with E-state index in [1.165, 1.54) is 0 Å². The highest BCUT2D eigenvalue weighted by atomic mass is 35.5. The average molecular weight is 338 g/mol. The van der Waals surface area contributed by atoms with Gasteiger partial charge in [-0.2, -0.15) is 0 Å². The summed E-state index contributed by atoms with van der Waals surface area (Å²) in [6.07, 6.45) is 0.445. The van der Waals surface area contributed by atoms with Crippen LogP contribution in [0.5, 0.6) is 0 Å². The second-order valence-corrected chi connectivity index (χ2v) is 6.80. The van der Waals surface area contributed by atoms with Crippen molar-refractivity contribution in [2.24, 2.45) is 5.92 Å². The SMILES string of the molecule is CC(C)CC(=O)Nc1ccc(Cl)c(C(=O)N2CCNC[C@H]2C)c1. The maximum absolute atomic E-state index is 12.7. The Morgan fingerprint density at radius 3 is 2.83 bits per heavy atom. The highest BCUT2D eigenvalue weighted by molar-refractivity contribution is 6.34. The Morgan fingerprint density at radius 2 is 2.17 bits per heavy atom. The van der Waals surface area contributed by atoms with Crippen molar-refractivity contribution in [3.8, 4) is 0 Å². The van der Waals surface area contributed by atoms with Crippen LogP contribution in [0.3, 0.4) is 0 Å². The van der Waals surface area contributed by atoms with Gasteiger partial charge in [-0.15, -0.1) is 0 Å². The van der Waals surface area contributed by atoms with Crippen molar-refractivity contribution in [1.29, 1.82) is 0 Å². The van der Waals surface area contributed by atoms with E-state index in [-0.39, 0.29) is 23.8 Å². The lowest BCUT2D eigenvalue weighted by molar-refractivity contribution is -0.116. The quantitative estimate of drug-likeness (QED) is 0.888. The summed E-state index contributed by atoms with van der Waals surface area (Å²) < 4.78 is 0. The first-order valence-corrected chi connectivity index (χ1v) is 8.37. The minimum absolute atomic E-state index is 0.0590. The number of hydrogen-bond donors (Lipinski definition) is 2. The second-order valence-electron chi connectivity index (χ2n) is 6.39. The molecule has 0 aliphatic carbocycles. The van der Waals surface area contributed by atoms with E-state index in [0.717, 1.165) is 13.1 Å². The van der Waals surface area contributed by atoms with Crippen LogP contribution in [0.4, 0.5) is 5.69 Å². The van der Waals surface area contributed by atoms with Gasteiger partial charge < -0.3 is 15.5 Å². The van der Waals surface area contributed by atoms with Crippen LogP contribution in [0.25, 0.3) is 0 Å². The number of amides is 2. The van der Waals surface area contributed by atoms with Crippen LogP contribution >= 0.6 is 11.6 Å². The Balaban J connectivity index is 2.16. The van der Waals surface area contributed by atoms with Gasteiger partial charge in [-0.3, -0.25) is 9.59 Å². The van der Waals surface area contributed by atoms with Crippen molar-refractivity contribution in [3.63, 3.8) is 0 Å². The third-order valence-electron chi connectivity index (χ3n) is 3.84. The molecule has 1 aliphatic heterocycles. The number of anilines is 1. The van der Waals surface area contributed by atoms with Crippen molar-refractivity contribution in [1.82, 2.24) is 10.2 Å². The predicted octanol–water partition coefficient (Wildman–Crippen LogP) is 2.76. The Morgan fingerprint density at radius 1 is 1.43 bits per heavy atom. The van der Waals surface area contributed by atoms with E-state index < -0.39 is 0 Å². The molecule has 2 amide bonds. The van der Waals surface area contributed by atoms with Gasteiger partial charge >= 0.3 is 0 Å². The van der Waals surface area contributed by atoms with Crippen molar-refractivity contribution in [2.45, 2.75) is 33.2 Å². The summed E-state index contributed by atoms with van der Waals surface area (Å²) in [6.45, 7) is 8.18. The first kappa shape index (κ1) is 17.8. The minimum Gasteiger partial charge on any atom is -0.333 e. The Kier molecular flexibility index (Phi) is 6.02. The fourth-order valence-corrected chi connectivity index (χ4v) is 2.85. The zero-order chi connectivity index (χ0) is 17.0. The highest BCUT2D eigenvalue weighted by Gasteiger charge is 2.25. The smallest absolute Gasteiger partial charge is 0.255 e. The van der Waals surface area contributed by atoms with Gasteiger partial charge in [-0.05, 0) is 31.0 Å². The molecule has 1 aromatic rings. The van der Waals surface area contributed by atoms with Gasteiger partial charge in [0.05, 0.1) is 10.6 Å². The lowest BCUT2D eigenvalue weighted by Gasteiger charge is -2.34. The van der Waals surface area contributed by atoms with E-state index in [0.29, 0.717) is 29.2 Å². The molecule has 2 rings (SSSR count). The summed E-state index contributed by atoms with van der Waals surface area (Å²) in [6, 6.07) is 5.16. The average Bonchev–Trinajstić information content (AvgIpc) is 2.48. The third kappa shape index (κ3) is 4.69. The number of carbonyl (C=O) groups is 2. The molecular weight excluding hydrogens is 314 g/mol. The lowest BCUT2D eigenvalue weighted by atomic mass is 10.1. The van der Waals surface area contributed by atoms with Gasteiger partial charge in [-0.25, -0.2) is 0 Å². The van der Waals surface area contributed by atoms with Crippen LogP contribution in [0.15, 0.2) is 18.2 Å². The molecule has 0 radical (unpaired) electrons. The van der Waals surface area contributed by atoms with Crippen LogP contribution in [0, 0.1) is 5.92 Å². The van der Waals surface area contributed by atoms with Crippen molar-refractivity contribution >= 4 is 29.1 Å². The first-order chi connectivity index (χ1) is 10.9. The maximum atomic E-state index is 12.7. The molecule has 1 aliphatic rings. The van der Waals surface area contributed by atoms with Crippen molar-refractivity contribution < 1.29 is 9.59 Å². The summed E-state index contributed by atoms with van der Waals surface area (Å²) in [5.41, 5.74) is 1.04. The maximum Gasteiger partial charge on any atom is 0.255 e. The molecule has 1 atom stereocenters. The molecule has 5 nitrogen and oxygen atoms in total. The standard InChI is InChI=1S/C17H24ClN3O2/c1-11(2)8-16(22)20-13-4-5-15(18)14(9-13)17(23)21-7-6-19-10-12(21)3/h4-5,9,11-12,19H,6-8,10H2,1-3H3,(H,20,22)/t12-/m1/s1. The number of hydrogen-bond acceptors (Lipinski definition) is 3. The Labute approximate surface area is 142 Å². The Bertz CT molecular complexity index is 589. The van der Waals surface area contributed by atoms with E-state index in [1.807, 2.05) is 25.7 Å². The van der Waals surface area contributed by atoms with E-state index in [9.17, 15) is 9.59 Å². The number of nitrogens with zero attached hydrogens (tertiary/aromatic N) is 1. The van der Waals surface area contributed by atoms with E-state index in [1.54, 1.807) is 18.2 Å². The number of benzene rings is 1. The Hall–Kier alpha value is -1.59. The second kappa shape index (κ2) is 7.79. The molecule has 1 aromatic carbocycles. The van der Waals surface area contributed by atoms with Crippen LogP contribution in [-0.4, -0.2) is 42.4 Å². The van der Waals surface area contributed by atoms with E-state index in [4.69, 9.17) is 11.6 Å². The van der Waals surface area contributed by atoms with Crippen LogP contribution in [0.2, 0.25) is 5.02 Å². The molecule has 0 aromatic heterocycles. The van der Waals surface area contributed by atoms with Gasteiger partial charge in [0.1, 0.15) is 0 Å². The summed E-state index contributed by atoms with van der Waals surface area (Å²) >= 11 is 6.20. The number of piperazine rings is 1. The molecule has 0 spiro atoms. The zero-order valence-corrected chi connectivity index (χ0v) is 14.6. The number of nitrogens with one attached hydrogen (secondary N) is 2. The van der Waals surface area contributed by atoms with Crippen LogP contribution in [0.1, 0.15) is 37.6 Å². The molecule has 23 heavy (non-hydrogen) atoms. The van der Waals surface area contributed by atoms with Gasteiger partial charge in [0.25, 0.3) is 5.91 Å². The lowest BCUT2D eigenvalue weighted by Crippen LogP contribution is -2.52.